The van der Waals surface area contributed by atoms with Gasteiger partial charge in [0.2, 0.25) is 0 Å². The summed E-state index contributed by atoms with van der Waals surface area (Å²) in [5, 5.41) is 0. The molecular weight excluding hydrogens is 261 g/mol. The summed E-state index contributed by atoms with van der Waals surface area (Å²) in [7, 11) is 0. The van der Waals surface area contributed by atoms with Gasteiger partial charge < -0.3 is 0 Å². The Bertz CT molecular complexity index is 39.2. The molecule has 0 N–H and O–H groups in total. The van der Waals surface area contributed by atoms with Crippen LogP contribution in [-0.2, 0) is 26.1 Å². The molecule has 0 aliphatic carbocycles. The molecular formula is C5H9Hg. The predicted octanol–water partition coefficient (Wildman–Crippen LogP) is 1.92. The molecule has 6 heavy (non-hydrogen) atoms. The second-order valence-electron chi connectivity index (χ2n) is 1.63. The Kier molecular flexibility index (Phi) is 4.28. The molecule has 0 radical (unpaired) electrons. The fourth-order valence-electron chi connectivity index (χ4n) is 0.285. The Hall–Kier alpha value is 0.675. The Morgan fingerprint density at radius 3 is 2.50 bits per heavy atom. The minimum absolute atomic E-state index is 0.957. The molecule has 0 spiro atoms. The Balaban J connectivity index is 2.81. The van der Waals surface area contributed by atoms with Crippen molar-refractivity contribution in [1.82, 2.24) is 0 Å². The summed E-state index contributed by atoms with van der Waals surface area (Å²) in [5.74, 6) is 0. The van der Waals surface area contributed by atoms with Gasteiger partial charge in [0.25, 0.3) is 0 Å². The van der Waals surface area contributed by atoms with E-state index in [4.69, 9.17) is 0 Å². The molecule has 0 bridgehead atoms. The zero-order valence-electron chi connectivity index (χ0n) is 4.28. The maximum absolute atomic E-state index is 3.63. The van der Waals surface area contributed by atoms with E-state index < -0.39 is 0 Å². The van der Waals surface area contributed by atoms with Gasteiger partial charge in [0.1, 0.15) is 0 Å². The number of hydrogen-bond donors (Lipinski definition) is 0. The van der Waals surface area contributed by atoms with E-state index in [0.717, 1.165) is 29.5 Å². The molecule has 0 rings (SSSR count). The van der Waals surface area contributed by atoms with E-state index >= 15 is 0 Å². The third-order valence-electron chi connectivity index (χ3n) is 0.569. The average molecular weight is 270 g/mol. The average Bonchev–Trinajstić information content (AvgIpc) is 1.35. The van der Waals surface area contributed by atoms with E-state index in [9.17, 15) is 0 Å². The normalized spacial score (nSPS) is 13.8. The quantitative estimate of drug-likeness (QED) is 0.531. The second kappa shape index (κ2) is 3.85. The molecule has 0 amide bonds. The SMILES string of the molecule is C=CC[CH](C)[Hg]. The van der Waals surface area contributed by atoms with Crippen LogP contribution < -0.4 is 0 Å². The van der Waals surface area contributed by atoms with E-state index in [1.54, 1.807) is 0 Å². The summed E-state index contributed by atoms with van der Waals surface area (Å²) >= 11 is 0.957. The summed E-state index contributed by atoms with van der Waals surface area (Å²) in [5.41, 5.74) is 0. The number of allylic oxidation sites excluding steroid dienone is 1. The van der Waals surface area contributed by atoms with Crippen LogP contribution in [0.1, 0.15) is 13.3 Å². The second-order valence-corrected chi connectivity index (χ2v) is 7.05. The van der Waals surface area contributed by atoms with Crippen LogP contribution in [0.5, 0.6) is 0 Å². The minimum atomic E-state index is 0.957. The van der Waals surface area contributed by atoms with Crippen LogP contribution in [-0.4, -0.2) is 0 Å². The Morgan fingerprint density at radius 2 is 2.50 bits per heavy atom. The van der Waals surface area contributed by atoms with Crippen LogP contribution in [0.3, 0.4) is 0 Å². The van der Waals surface area contributed by atoms with E-state index in [1.165, 1.54) is 6.42 Å². The van der Waals surface area contributed by atoms with Crippen molar-refractivity contribution in [2.45, 2.75) is 16.8 Å². The summed E-state index contributed by atoms with van der Waals surface area (Å²) in [6, 6.07) is 0. The summed E-state index contributed by atoms with van der Waals surface area (Å²) < 4.78 is 0.975. The first-order chi connectivity index (χ1) is 2.77. The van der Waals surface area contributed by atoms with Gasteiger partial charge >= 0.3 is 55.5 Å². The van der Waals surface area contributed by atoms with Crippen molar-refractivity contribution in [3.63, 3.8) is 0 Å². The zero-order valence-corrected chi connectivity index (χ0v) is 9.77. The standard InChI is InChI=1S/C5H9.Hg/c1-3-5-4-2;/h3-4H,1,5H2,2H3;. The summed E-state index contributed by atoms with van der Waals surface area (Å²) in [6.07, 6.45) is 3.22. The molecule has 0 saturated heterocycles. The molecule has 31 valence electrons. The van der Waals surface area contributed by atoms with Crippen molar-refractivity contribution in [2.75, 3.05) is 0 Å². The molecule has 0 aromatic rings. The van der Waals surface area contributed by atoms with Crippen LogP contribution >= 0.6 is 0 Å². The molecule has 1 heteroatoms. The van der Waals surface area contributed by atoms with Crippen LogP contribution in [0.15, 0.2) is 12.7 Å². The van der Waals surface area contributed by atoms with Crippen molar-refractivity contribution < 1.29 is 26.1 Å². The third kappa shape index (κ3) is 4.68. The van der Waals surface area contributed by atoms with Gasteiger partial charge in [-0.2, -0.15) is 0 Å². The van der Waals surface area contributed by atoms with E-state index in [2.05, 4.69) is 13.5 Å². The van der Waals surface area contributed by atoms with E-state index in [0.29, 0.717) is 0 Å². The van der Waals surface area contributed by atoms with Crippen molar-refractivity contribution in [3.8, 4) is 0 Å². The first-order valence-corrected chi connectivity index (χ1v) is 5.38. The van der Waals surface area contributed by atoms with E-state index in [-0.39, 0.29) is 0 Å². The molecule has 1 unspecified atom stereocenters. The monoisotopic (exact) mass is 271 g/mol. The van der Waals surface area contributed by atoms with E-state index in [1.807, 2.05) is 6.08 Å². The van der Waals surface area contributed by atoms with Crippen LogP contribution in [0.25, 0.3) is 0 Å². The van der Waals surface area contributed by atoms with Crippen molar-refractivity contribution in [2.24, 2.45) is 0 Å². The van der Waals surface area contributed by atoms with Crippen LogP contribution in [0.2, 0.25) is 3.43 Å². The Labute approximate surface area is 55.6 Å². The number of rotatable bonds is 2. The molecule has 0 aromatic heterocycles. The van der Waals surface area contributed by atoms with Crippen molar-refractivity contribution >= 4 is 0 Å². The molecule has 0 aliphatic heterocycles. The van der Waals surface area contributed by atoms with Gasteiger partial charge in [0.15, 0.2) is 0 Å². The van der Waals surface area contributed by atoms with Gasteiger partial charge in [0.05, 0.1) is 0 Å². The van der Waals surface area contributed by atoms with Crippen LogP contribution in [0.4, 0.5) is 0 Å². The fourth-order valence-corrected chi connectivity index (χ4v) is 1.20. The molecule has 0 nitrogen and oxygen atoms in total. The van der Waals surface area contributed by atoms with Gasteiger partial charge in [-0.3, -0.25) is 0 Å². The van der Waals surface area contributed by atoms with Crippen molar-refractivity contribution in [3.05, 3.63) is 12.7 Å². The van der Waals surface area contributed by atoms with Gasteiger partial charge in [-0.25, -0.2) is 0 Å². The topological polar surface area (TPSA) is 0 Å². The van der Waals surface area contributed by atoms with Crippen molar-refractivity contribution in [1.29, 1.82) is 0 Å². The molecule has 1 atom stereocenters. The molecule has 0 fully saturated rings. The number of hydrogen-bond acceptors (Lipinski definition) is 0. The molecule has 0 aliphatic rings. The summed E-state index contributed by atoms with van der Waals surface area (Å²) in [4.78, 5) is 0. The third-order valence-corrected chi connectivity index (χ3v) is 1.86. The predicted molar refractivity (Wildman–Crippen MR) is 24.2 cm³/mol. The molecule has 0 saturated carbocycles. The molecule has 0 heterocycles. The first-order valence-electron chi connectivity index (χ1n) is 2.21. The molecule has 0 aromatic carbocycles. The van der Waals surface area contributed by atoms with Gasteiger partial charge in [-0.05, 0) is 0 Å². The Morgan fingerprint density at radius 1 is 2.00 bits per heavy atom. The maximum atomic E-state index is 3.63. The fraction of sp³-hybridized carbons (Fsp3) is 0.600. The first kappa shape index (κ1) is 6.68. The van der Waals surface area contributed by atoms with Crippen LogP contribution in [0, 0.1) is 0 Å². The van der Waals surface area contributed by atoms with Gasteiger partial charge in [-0.15, -0.1) is 0 Å². The zero-order chi connectivity index (χ0) is 4.99. The van der Waals surface area contributed by atoms with Gasteiger partial charge in [0, 0.05) is 0 Å². The summed E-state index contributed by atoms with van der Waals surface area (Å²) in [6.45, 7) is 5.90. The van der Waals surface area contributed by atoms with Gasteiger partial charge in [-0.1, -0.05) is 0 Å².